The van der Waals surface area contributed by atoms with Gasteiger partial charge in [0.25, 0.3) is 0 Å². The molecule has 1 saturated carbocycles. The molecule has 0 amide bonds. The Morgan fingerprint density at radius 1 is 1.50 bits per heavy atom. The molecule has 0 aromatic carbocycles. The van der Waals surface area contributed by atoms with E-state index in [0.29, 0.717) is 6.04 Å². The Morgan fingerprint density at radius 2 is 2.28 bits per heavy atom. The summed E-state index contributed by atoms with van der Waals surface area (Å²) in [4.78, 5) is 8.47. The van der Waals surface area contributed by atoms with Gasteiger partial charge in [0.05, 0.1) is 0 Å². The first-order valence-corrected chi connectivity index (χ1v) is 6.74. The molecule has 1 fully saturated rings. The average molecular weight is 249 g/mol. The molecule has 1 heterocycles. The van der Waals surface area contributed by atoms with Crippen molar-refractivity contribution in [3.05, 3.63) is 18.2 Å². The fraction of sp³-hybridized carbons (Fsp3) is 0.692. The molecule has 0 radical (unpaired) electrons. The molecule has 2 rings (SSSR count). The van der Waals surface area contributed by atoms with Gasteiger partial charge in [-0.2, -0.15) is 0 Å². The molecular formula is C13H23N5. The highest BCUT2D eigenvalue weighted by atomic mass is 15.2. The number of aromatic nitrogens is 2. The second-order valence-corrected chi connectivity index (χ2v) is 4.79. The molecule has 1 aliphatic rings. The second kappa shape index (κ2) is 6.42. The van der Waals surface area contributed by atoms with E-state index in [4.69, 9.17) is 0 Å². The predicted molar refractivity (Wildman–Crippen MR) is 73.7 cm³/mol. The monoisotopic (exact) mass is 249 g/mol. The van der Waals surface area contributed by atoms with Crippen LogP contribution >= 0.6 is 0 Å². The summed E-state index contributed by atoms with van der Waals surface area (Å²) in [7, 11) is 1.83. The van der Waals surface area contributed by atoms with Crippen LogP contribution in [0.3, 0.4) is 0 Å². The molecule has 5 heteroatoms. The quantitative estimate of drug-likeness (QED) is 0.624. The van der Waals surface area contributed by atoms with Gasteiger partial charge in [-0.05, 0) is 19.8 Å². The number of hydrogen-bond donors (Lipinski definition) is 2. The summed E-state index contributed by atoms with van der Waals surface area (Å²) >= 11 is 0. The predicted octanol–water partition coefficient (Wildman–Crippen LogP) is 1.30. The van der Waals surface area contributed by atoms with Crippen LogP contribution in [0.5, 0.6) is 0 Å². The smallest absolute Gasteiger partial charge is 0.191 e. The number of aryl methyl sites for hydroxylation is 1. The molecular weight excluding hydrogens is 226 g/mol. The molecule has 100 valence electrons. The van der Waals surface area contributed by atoms with Crippen LogP contribution in [0.25, 0.3) is 0 Å². The van der Waals surface area contributed by atoms with Crippen molar-refractivity contribution in [2.45, 2.75) is 45.2 Å². The molecule has 1 aromatic heterocycles. The second-order valence-electron chi connectivity index (χ2n) is 4.79. The van der Waals surface area contributed by atoms with Crippen LogP contribution in [-0.4, -0.2) is 35.1 Å². The van der Waals surface area contributed by atoms with Crippen molar-refractivity contribution in [3.63, 3.8) is 0 Å². The number of aliphatic imine (C=N–C) groups is 1. The van der Waals surface area contributed by atoms with Gasteiger partial charge >= 0.3 is 0 Å². The maximum atomic E-state index is 4.26. The molecule has 0 bridgehead atoms. The van der Waals surface area contributed by atoms with Gasteiger partial charge < -0.3 is 15.2 Å². The maximum absolute atomic E-state index is 4.26. The van der Waals surface area contributed by atoms with Crippen molar-refractivity contribution in [1.29, 1.82) is 0 Å². The van der Waals surface area contributed by atoms with Gasteiger partial charge in [0, 0.05) is 38.6 Å². The van der Waals surface area contributed by atoms with E-state index in [2.05, 4.69) is 25.2 Å². The largest absolute Gasteiger partial charge is 0.355 e. The molecule has 0 saturated heterocycles. The standard InChI is InChI=1S/C13H23N5/c1-11-15-7-9-18(11)10-8-16-13(14-2)17-12-5-3-4-6-12/h7,9,12H,3-6,8,10H2,1-2H3,(H2,14,16,17). The fourth-order valence-electron chi connectivity index (χ4n) is 2.39. The van der Waals surface area contributed by atoms with Gasteiger partial charge in [-0.15, -0.1) is 0 Å². The highest BCUT2D eigenvalue weighted by Crippen LogP contribution is 2.17. The lowest BCUT2D eigenvalue weighted by Gasteiger charge is -2.17. The van der Waals surface area contributed by atoms with Gasteiger partial charge in [-0.3, -0.25) is 4.99 Å². The Bertz CT molecular complexity index is 390. The topological polar surface area (TPSA) is 54.2 Å². The third-order valence-corrected chi connectivity index (χ3v) is 3.49. The first-order chi connectivity index (χ1) is 8.79. The van der Waals surface area contributed by atoms with Crippen molar-refractivity contribution in [2.75, 3.05) is 13.6 Å². The summed E-state index contributed by atoms with van der Waals surface area (Å²) < 4.78 is 2.13. The lowest BCUT2D eigenvalue weighted by Crippen LogP contribution is -2.43. The van der Waals surface area contributed by atoms with E-state index in [1.165, 1.54) is 25.7 Å². The van der Waals surface area contributed by atoms with Crippen LogP contribution in [0, 0.1) is 6.92 Å². The Balaban J connectivity index is 1.72. The summed E-state index contributed by atoms with van der Waals surface area (Å²) in [6, 6.07) is 0.603. The molecule has 1 aromatic rings. The van der Waals surface area contributed by atoms with Crippen LogP contribution < -0.4 is 10.6 Å². The number of guanidine groups is 1. The number of hydrogen-bond acceptors (Lipinski definition) is 2. The van der Waals surface area contributed by atoms with E-state index in [-0.39, 0.29) is 0 Å². The Hall–Kier alpha value is -1.52. The highest BCUT2D eigenvalue weighted by molar-refractivity contribution is 5.79. The van der Waals surface area contributed by atoms with Gasteiger partial charge in [0.1, 0.15) is 5.82 Å². The van der Waals surface area contributed by atoms with Gasteiger partial charge in [-0.1, -0.05) is 12.8 Å². The summed E-state index contributed by atoms with van der Waals surface area (Å²) in [5.41, 5.74) is 0. The van der Waals surface area contributed by atoms with Gasteiger partial charge in [0.2, 0.25) is 0 Å². The molecule has 1 aliphatic carbocycles. The normalized spacial score (nSPS) is 17.1. The van der Waals surface area contributed by atoms with Crippen LogP contribution in [0.4, 0.5) is 0 Å². The van der Waals surface area contributed by atoms with Crippen molar-refractivity contribution in [1.82, 2.24) is 20.2 Å². The first kappa shape index (κ1) is 12.9. The lowest BCUT2D eigenvalue weighted by atomic mass is 10.2. The molecule has 0 aliphatic heterocycles. The number of nitrogens with one attached hydrogen (secondary N) is 2. The molecule has 0 atom stereocenters. The highest BCUT2D eigenvalue weighted by Gasteiger charge is 2.15. The van der Waals surface area contributed by atoms with E-state index in [1.54, 1.807) is 0 Å². The Labute approximate surface area is 109 Å². The Kier molecular flexibility index (Phi) is 4.61. The zero-order valence-electron chi connectivity index (χ0n) is 11.3. The fourth-order valence-corrected chi connectivity index (χ4v) is 2.39. The average Bonchev–Trinajstić information content (AvgIpc) is 3.00. The minimum absolute atomic E-state index is 0.603. The number of rotatable bonds is 4. The lowest BCUT2D eigenvalue weighted by molar-refractivity contribution is 0.598. The summed E-state index contributed by atoms with van der Waals surface area (Å²) in [5.74, 6) is 1.97. The van der Waals surface area contributed by atoms with Crippen molar-refractivity contribution in [3.8, 4) is 0 Å². The number of imidazole rings is 1. The summed E-state index contributed by atoms with van der Waals surface area (Å²) in [5, 5.41) is 6.83. The third kappa shape index (κ3) is 3.48. The van der Waals surface area contributed by atoms with E-state index in [0.717, 1.165) is 24.9 Å². The zero-order valence-corrected chi connectivity index (χ0v) is 11.3. The molecule has 2 N–H and O–H groups in total. The summed E-state index contributed by atoms with van der Waals surface area (Å²) in [6.45, 7) is 3.80. The minimum atomic E-state index is 0.603. The Morgan fingerprint density at radius 3 is 2.89 bits per heavy atom. The van der Waals surface area contributed by atoms with Crippen LogP contribution in [0.15, 0.2) is 17.4 Å². The number of nitrogens with zero attached hydrogens (tertiary/aromatic N) is 3. The SMILES string of the molecule is CN=C(NCCn1ccnc1C)NC1CCCC1. The van der Waals surface area contributed by atoms with E-state index in [9.17, 15) is 0 Å². The molecule has 18 heavy (non-hydrogen) atoms. The van der Waals surface area contributed by atoms with Crippen LogP contribution in [0.1, 0.15) is 31.5 Å². The zero-order chi connectivity index (χ0) is 12.8. The van der Waals surface area contributed by atoms with E-state index < -0.39 is 0 Å². The first-order valence-electron chi connectivity index (χ1n) is 6.74. The van der Waals surface area contributed by atoms with Crippen molar-refractivity contribution in [2.24, 2.45) is 4.99 Å². The molecule has 5 nitrogen and oxygen atoms in total. The van der Waals surface area contributed by atoms with E-state index >= 15 is 0 Å². The maximum Gasteiger partial charge on any atom is 0.191 e. The van der Waals surface area contributed by atoms with Crippen LogP contribution in [-0.2, 0) is 6.54 Å². The van der Waals surface area contributed by atoms with Crippen LogP contribution in [0.2, 0.25) is 0 Å². The molecule has 0 spiro atoms. The van der Waals surface area contributed by atoms with Gasteiger partial charge in [0.15, 0.2) is 5.96 Å². The van der Waals surface area contributed by atoms with Crippen molar-refractivity contribution >= 4 is 5.96 Å². The third-order valence-electron chi connectivity index (χ3n) is 3.49. The van der Waals surface area contributed by atoms with Crippen molar-refractivity contribution < 1.29 is 0 Å². The minimum Gasteiger partial charge on any atom is -0.355 e. The summed E-state index contributed by atoms with van der Waals surface area (Å²) in [6.07, 6.45) is 9.04. The molecule has 0 unspecified atom stereocenters. The van der Waals surface area contributed by atoms with E-state index in [1.807, 2.05) is 26.4 Å². The van der Waals surface area contributed by atoms with Gasteiger partial charge in [-0.25, -0.2) is 4.98 Å².